The van der Waals surface area contributed by atoms with Crippen LogP contribution in [0, 0.1) is 13.8 Å². The number of benzene rings is 1. The minimum Gasteiger partial charge on any atom is -0.244 e. The summed E-state index contributed by atoms with van der Waals surface area (Å²) < 4.78 is 37.7. The van der Waals surface area contributed by atoms with Crippen LogP contribution in [0.25, 0.3) is 0 Å². The summed E-state index contributed by atoms with van der Waals surface area (Å²) >= 11 is 0. The summed E-state index contributed by atoms with van der Waals surface area (Å²) in [6, 6.07) is 5.25. The van der Waals surface area contributed by atoms with Crippen molar-refractivity contribution in [3.05, 3.63) is 29.3 Å². The normalized spacial score (nSPS) is 15.3. The molecule has 0 bridgehead atoms. The smallest absolute Gasteiger partial charge is 0.244 e. The van der Waals surface area contributed by atoms with Crippen LogP contribution in [0.4, 0.5) is 0 Å². The molecule has 17 heavy (non-hydrogen) atoms. The van der Waals surface area contributed by atoms with Crippen LogP contribution in [-0.2, 0) is 19.0 Å². The van der Waals surface area contributed by atoms with Crippen molar-refractivity contribution < 1.29 is 12.6 Å². The molecule has 0 unspecified atom stereocenters. The Morgan fingerprint density at radius 2 is 1.82 bits per heavy atom. The Bertz CT molecular complexity index is 644. The van der Waals surface area contributed by atoms with Gasteiger partial charge in [-0.15, -0.1) is 0 Å². The molecule has 0 aliphatic rings. The summed E-state index contributed by atoms with van der Waals surface area (Å²) in [7, 11) is -2.10. The van der Waals surface area contributed by atoms with Crippen LogP contribution < -0.4 is 0 Å². The van der Waals surface area contributed by atoms with Crippen molar-refractivity contribution in [3.63, 3.8) is 0 Å². The van der Waals surface area contributed by atoms with Crippen molar-refractivity contribution in [1.29, 1.82) is 0 Å². The van der Waals surface area contributed by atoms with Gasteiger partial charge < -0.3 is 0 Å². The second kappa shape index (κ2) is 4.96. The van der Waals surface area contributed by atoms with Crippen LogP contribution in [-0.4, -0.2) is 18.4 Å². The summed E-state index contributed by atoms with van der Waals surface area (Å²) in [5, 5.41) is 0. The Morgan fingerprint density at radius 1 is 1.24 bits per heavy atom. The molecule has 96 valence electrons. The van der Waals surface area contributed by atoms with E-state index in [9.17, 15) is 12.6 Å². The monoisotopic (exact) mass is 295 g/mol. The molecule has 0 saturated carbocycles. The Balaban J connectivity index is 3.58. The average Bonchev–Trinajstić information content (AvgIpc) is 2.14. The molecule has 0 saturated heterocycles. The molecule has 1 aromatic carbocycles. The molecule has 1 rings (SSSR count). The molecular formula is C10H14ClNO3S2. The molecule has 0 N–H and O–H groups in total. The van der Waals surface area contributed by atoms with Crippen LogP contribution in [0.5, 0.6) is 0 Å². The van der Waals surface area contributed by atoms with E-state index >= 15 is 0 Å². The molecular weight excluding hydrogens is 282 g/mol. The molecule has 0 radical (unpaired) electrons. The first kappa shape index (κ1) is 14.5. The van der Waals surface area contributed by atoms with E-state index in [4.69, 9.17) is 10.7 Å². The van der Waals surface area contributed by atoms with Crippen LogP contribution >= 0.6 is 10.7 Å². The van der Waals surface area contributed by atoms with E-state index in [1.54, 1.807) is 26.0 Å². The summed E-state index contributed by atoms with van der Waals surface area (Å²) in [6.07, 6.45) is 0. The van der Waals surface area contributed by atoms with E-state index in [-0.39, 0.29) is 5.75 Å². The molecule has 1 aromatic rings. The zero-order valence-corrected chi connectivity index (χ0v) is 12.2. The third-order valence-electron chi connectivity index (χ3n) is 2.27. The maximum Gasteiger partial charge on any atom is 0.347 e. The minimum atomic E-state index is -4.15. The van der Waals surface area contributed by atoms with Crippen LogP contribution in [0.2, 0.25) is 0 Å². The molecule has 4 nitrogen and oxygen atoms in total. The van der Waals surface area contributed by atoms with Gasteiger partial charge in [0.2, 0.25) is 0 Å². The van der Waals surface area contributed by atoms with E-state index in [1.165, 1.54) is 0 Å². The average molecular weight is 296 g/mol. The number of nitrogens with zero attached hydrogens (tertiary/aromatic N) is 1. The highest BCUT2D eigenvalue weighted by Gasteiger charge is 2.17. The molecule has 0 spiro atoms. The van der Waals surface area contributed by atoms with E-state index in [1.807, 2.05) is 13.0 Å². The van der Waals surface area contributed by atoms with Crippen molar-refractivity contribution in [2.24, 2.45) is 3.77 Å². The fraction of sp³-hybridized carbons (Fsp3) is 0.400. The summed E-state index contributed by atoms with van der Waals surface area (Å²) in [4.78, 5) is 0.426. The second-order valence-corrected chi connectivity index (χ2v) is 8.57. The molecule has 0 fully saturated rings. The first-order chi connectivity index (χ1) is 7.68. The lowest BCUT2D eigenvalue weighted by atomic mass is 10.2. The quantitative estimate of drug-likeness (QED) is 0.805. The first-order valence-electron chi connectivity index (χ1n) is 4.96. The van der Waals surface area contributed by atoms with E-state index < -0.39 is 19.0 Å². The van der Waals surface area contributed by atoms with Crippen molar-refractivity contribution >= 4 is 29.6 Å². The number of hydrogen-bond donors (Lipinski definition) is 0. The van der Waals surface area contributed by atoms with Gasteiger partial charge in [-0.05, 0) is 25.5 Å². The summed E-state index contributed by atoms with van der Waals surface area (Å²) in [5.41, 5.74) is 1.76. The zero-order valence-electron chi connectivity index (χ0n) is 9.81. The maximum atomic E-state index is 12.5. The number of hydrogen-bond acceptors (Lipinski definition) is 3. The Hall–Kier alpha value is -0.590. The minimum absolute atomic E-state index is 0.100. The molecule has 0 aliphatic carbocycles. The van der Waals surface area contributed by atoms with E-state index in [0.717, 1.165) is 11.1 Å². The number of halogens is 1. The lowest BCUT2D eigenvalue weighted by Crippen LogP contribution is -2.08. The van der Waals surface area contributed by atoms with Gasteiger partial charge in [0.1, 0.15) is 0 Å². The van der Waals surface area contributed by atoms with Crippen LogP contribution in [0.3, 0.4) is 0 Å². The Kier molecular flexibility index (Phi) is 4.22. The molecule has 7 heteroatoms. The van der Waals surface area contributed by atoms with Gasteiger partial charge in [0, 0.05) is 16.4 Å². The van der Waals surface area contributed by atoms with Gasteiger partial charge in [0.25, 0.3) is 0 Å². The van der Waals surface area contributed by atoms with E-state index in [2.05, 4.69) is 3.77 Å². The highest BCUT2D eigenvalue weighted by Crippen LogP contribution is 2.22. The number of rotatable bonds is 3. The third-order valence-corrected chi connectivity index (χ3v) is 6.39. The molecule has 0 aliphatic heterocycles. The van der Waals surface area contributed by atoms with Crippen molar-refractivity contribution in [3.8, 4) is 0 Å². The highest BCUT2D eigenvalue weighted by atomic mass is 35.7. The first-order valence-corrected chi connectivity index (χ1v) is 8.91. The maximum absolute atomic E-state index is 12.5. The fourth-order valence-electron chi connectivity index (χ4n) is 1.55. The predicted molar refractivity (Wildman–Crippen MR) is 70.1 cm³/mol. The Labute approximate surface area is 107 Å². The lowest BCUT2D eigenvalue weighted by molar-refractivity contribution is 0.611. The number of aryl methyl sites for hydroxylation is 2. The van der Waals surface area contributed by atoms with Gasteiger partial charge in [-0.2, -0.15) is 8.42 Å². The van der Waals surface area contributed by atoms with Crippen LogP contribution in [0.15, 0.2) is 26.9 Å². The third kappa shape index (κ3) is 3.69. The molecule has 0 aromatic heterocycles. The largest absolute Gasteiger partial charge is 0.347 e. The summed E-state index contributed by atoms with van der Waals surface area (Å²) in [5.74, 6) is 0.100. The topological polar surface area (TPSA) is 63.6 Å². The standard InChI is InChI=1S/C10H14ClNO3S2/c1-4-16(13,12-17(11,14)15)10-6-5-8(2)7-9(10)3/h5-7H,4H2,1-3H3/t16-/m1/s1. The Morgan fingerprint density at radius 3 is 2.24 bits per heavy atom. The van der Waals surface area contributed by atoms with Crippen LogP contribution in [0.1, 0.15) is 18.1 Å². The molecule has 0 amide bonds. The van der Waals surface area contributed by atoms with Crippen molar-refractivity contribution in [1.82, 2.24) is 0 Å². The summed E-state index contributed by atoms with van der Waals surface area (Å²) in [6.45, 7) is 5.29. The SMILES string of the molecule is CC[S@](=O)(=NS(=O)(=O)Cl)c1ccc(C)cc1C. The van der Waals surface area contributed by atoms with Gasteiger partial charge in [-0.3, -0.25) is 0 Å². The van der Waals surface area contributed by atoms with Gasteiger partial charge in [-0.25, -0.2) is 4.21 Å². The van der Waals surface area contributed by atoms with Gasteiger partial charge in [-0.1, -0.05) is 28.4 Å². The molecule has 1 atom stereocenters. The van der Waals surface area contributed by atoms with Crippen molar-refractivity contribution in [2.75, 3.05) is 5.75 Å². The lowest BCUT2D eigenvalue weighted by Gasteiger charge is -2.10. The highest BCUT2D eigenvalue weighted by molar-refractivity contribution is 8.17. The van der Waals surface area contributed by atoms with Gasteiger partial charge in [0.05, 0.1) is 14.6 Å². The zero-order chi connectivity index (χ0) is 13.3. The predicted octanol–water partition coefficient (Wildman–Crippen LogP) is 2.63. The van der Waals surface area contributed by atoms with Crippen molar-refractivity contribution in [2.45, 2.75) is 25.7 Å². The van der Waals surface area contributed by atoms with Gasteiger partial charge in [0.15, 0.2) is 0 Å². The fourth-order valence-corrected chi connectivity index (χ4v) is 5.42. The second-order valence-electron chi connectivity index (χ2n) is 3.68. The molecule has 0 heterocycles. The van der Waals surface area contributed by atoms with E-state index in [0.29, 0.717) is 4.90 Å². The van der Waals surface area contributed by atoms with Gasteiger partial charge >= 0.3 is 9.24 Å².